The van der Waals surface area contributed by atoms with Crippen LogP contribution in [-0.2, 0) is 4.79 Å². The molecule has 0 spiro atoms. The predicted octanol–water partition coefficient (Wildman–Crippen LogP) is 2.89. The third-order valence-corrected chi connectivity index (χ3v) is 6.40. The van der Waals surface area contributed by atoms with E-state index in [4.69, 9.17) is 0 Å². The van der Waals surface area contributed by atoms with Gasteiger partial charge in [0.25, 0.3) is 0 Å². The number of likely N-dealkylation sites (tertiary alicyclic amines) is 1. The molecule has 21 heavy (non-hydrogen) atoms. The molecule has 0 bridgehead atoms. The summed E-state index contributed by atoms with van der Waals surface area (Å²) in [4.78, 5) is 16.1. The highest BCUT2D eigenvalue weighted by Crippen LogP contribution is 2.41. The number of rotatable bonds is 3. The van der Waals surface area contributed by atoms with Gasteiger partial charge in [-0.3, -0.25) is 4.79 Å². The Bertz CT molecular complexity index is 517. The first-order chi connectivity index (χ1) is 10.2. The summed E-state index contributed by atoms with van der Waals surface area (Å²) in [6.45, 7) is 3.96. The summed E-state index contributed by atoms with van der Waals surface area (Å²) in [5.41, 5.74) is 1.24. The Morgan fingerprint density at radius 2 is 2.10 bits per heavy atom. The van der Waals surface area contributed by atoms with Crippen molar-refractivity contribution in [2.45, 2.75) is 37.0 Å². The molecule has 1 N–H and O–H groups in total. The predicted molar refractivity (Wildman–Crippen MR) is 85.5 cm³/mol. The lowest BCUT2D eigenvalue weighted by molar-refractivity contribution is -0.135. The Hall–Kier alpha value is -1.00. The number of amides is 1. The highest BCUT2D eigenvalue weighted by Gasteiger charge is 2.37. The topological polar surface area (TPSA) is 40.5 Å². The number of aliphatic hydroxyl groups excluding tert-OH is 1. The first-order valence-corrected chi connectivity index (χ1v) is 8.79. The van der Waals surface area contributed by atoms with Gasteiger partial charge in [0.1, 0.15) is 0 Å². The number of benzene rings is 1. The van der Waals surface area contributed by atoms with Gasteiger partial charge in [-0.25, -0.2) is 0 Å². The SMILES string of the molecule is CCC1(CO)CCN(C(=O)C2CSc3ccccc32)CC1. The Kier molecular flexibility index (Phi) is 4.27. The molecule has 4 heteroatoms. The molecule has 2 heterocycles. The summed E-state index contributed by atoms with van der Waals surface area (Å²) >= 11 is 1.79. The van der Waals surface area contributed by atoms with Crippen molar-refractivity contribution in [2.24, 2.45) is 5.41 Å². The molecule has 1 atom stereocenters. The summed E-state index contributed by atoms with van der Waals surface area (Å²) in [5, 5.41) is 9.60. The van der Waals surface area contributed by atoms with Gasteiger partial charge < -0.3 is 10.0 Å². The Morgan fingerprint density at radius 1 is 1.38 bits per heavy atom. The van der Waals surface area contributed by atoms with Crippen molar-refractivity contribution < 1.29 is 9.90 Å². The van der Waals surface area contributed by atoms with Crippen LogP contribution in [0, 0.1) is 5.41 Å². The number of piperidine rings is 1. The van der Waals surface area contributed by atoms with Crippen LogP contribution < -0.4 is 0 Å². The number of carbonyl (C=O) groups is 1. The van der Waals surface area contributed by atoms with E-state index in [0.717, 1.165) is 38.1 Å². The summed E-state index contributed by atoms with van der Waals surface area (Å²) in [7, 11) is 0. The number of hydrogen-bond acceptors (Lipinski definition) is 3. The van der Waals surface area contributed by atoms with Crippen molar-refractivity contribution in [2.75, 3.05) is 25.4 Å². The first-order valence-electron chi connectivity index (χ1n) is 7.80. The molecule has 1 saturated heterocycles. The molecule has 0 radical (unpaired) electrons. The van der Waals surface area contributed by atoms with Crippen molar-refractivity contribution in [1.29, 1.82) is 0 Å². The molecule has 3 nitrogen and oxygen atoms in total. The maximum absolute atomic E-state index is 12.8. The summed E-state index contributed by atoms with van der Waals surface area (Å²) in [5.74, 6) is 1.16. The van der Waals surface area contributed by atoms with Crippen molar-refractivity contribution in [3.8, 4) is 0 Å². The Labute approximate surface area is 130 Å². The minimum absolute atomic E-state index is 0.0226. The summed E-state index contributed by atoms with van der Waals surface area (Å²) < 4.78 is 0. The molecule has 0 aromatic heterocycles. The second kappa shape index (κ2) is 6.01. The molecule has 1 unspecified atom stereocenters. The van der Waals surface area contributed by atoms with E-state index in [0.29, 0.717) is 0 Å². The number of fused-ring (bicyclic) bond motifs is 1. The maximum Gasteiger partial charge on any atom is 0.231 e. The third-order valence-electron chi connectivity index (χ3n) is 5.22. The number of nitrogens with zero attached hydrogens (tertiary/aromatic N) is 1. The Balaban J connectivity index is 1.68. The highest BCUT2D eigenvalue weighted by atomic mass is 32.2. The monoisotopic (exact) mass is 305 g/mol. The van der Waals surface area contributed by atoms with E-state index in [2.05, 4.69) is 19.1 Å². The number of aliphatic hydroxyl groups is 1. The van der Waals surface area contributed by atoms with Gasteiger partial charge in [-0.15, -0.1) is 11.8 Å². The van der Waals surface area contributed by atoms with Crippen LogP contribution >= 0.6 is 11.8 Å². The number of carbonyl (C=O) groups excluding carboxylic acids is 1. The molecule has 1 amide bonds. The molecule has 2 aliphatic rings. The summed E-state index contributed by atoms with van der Waals surface area (Å²) in [6, 6.07) is 8.26. The summed E-state index contributed by atoms with van der Waals surface area (Å²) in [6.07, 6.45) is 2.84. The van der Waals surface area contributed by atoms with Crippen LogP contribution in [0.1, 0.15) is 37.7 Å². The van der Waals surface area contributed by atoms with Crippen LogP contribution in [0.15, 0.2) is 29.2 Å². The Morgan fingerprint density at radius 3 is 2.76 bits per heavy atom. The van der Waals surface area contributed by atoms with E-state index in [1.54, 1.807) is 11.8 Å². The highest BCUT2D eigenvalue weighted by molar-refractivity contribution is 7.99. The molecular formula is C17H23NO2S. The lowest BCUT2D eigenvalue weighted by Crippen LogP contribution is -2.46. The van der Waals surface area contributed by atoms with Gasteiger partial charge in [0, 0.05) is 30.3 Å². The average molecular weight is 305 g/mol. The lowest BCUT2D eigenvalue weighted by atomic mass is 9.77. The second-order valence-electron chi connectivity index (χ2n) is 6.24. The second-order valence-corrected chi connectivity index (χ2v) is 7.30. The van der Waals surface area contributed by atoms with Crippen LogP contribution in [0.5, 0.6) is 0 Å². The van der Waals surface area contributed by atoms with Gasteiger partial charge in [0.05, 0.1) is 5.92 Å². The van der Waals surface area contributed by atoms with Gasteiger partial charge in [0.15, 0.2) is 0 Å². The lowest BCUT2D eigenvalue weighted by Gasteiger charge is -2.41. The standard InChI is InChI=1S/C17H23NO2S/c1-2-17(12-19)7-9-18(10-8-17)16(20)14-11-21-15-6-4-3-5-13(14)15/h3-6,14,19H,2,7-12H2,1H3. The number of thioether (sulfide) groups is 1. The fourth-order valence-electron chi connectivity index (χ4n) is 3.41. The minimum atomic E-state index is 0.0226. The molecule has 2 aliphatic heterocycles. The van der Waals surface area contributed by atoms with Gasteiger partial charge in [-0.1, -0.05) is 25.1 Å². The van der Waals surface area contributed by atoms with Gasteiger partial charge in [-0.2, -0.15) is 0 Å². The molecule has 114 valence electrons. The third kappa shape index (κ3) is 2.71. The average Bonchev–Trinajstić information content (AvgIpc) is 2.98. The number of hydrogen-bond donors (Lipinski definition) is 1. The van der Waals surface area contributed by atoms with E-state index >= 15 is 0 Å². The normalized spacial score (nSPS) is 23.9. The molecule has 3 rings (SSSR count). The van der Waals surface area contributed by atoms with E-state index < -0.39 is 0 Å². The van der Waals surface area contributed by atoms with Crippen molar-refractivity contribution in [3.05, 3.63) is 29.8 Å². The minimum Gasteiger partial charge on any atom is -0.396 e. The van der Waals surface area contributed by atoms with Gasteiger partial charge in [-0.05, 0) is 36.3 Å². The smallest absolute Gasteiger partial charge is 0.231 e. The van der Waals surface area contributed by atoms with Crippen molar-refractivity contribution in [1.82, 2.24) is 4.90 Å². The molecule has 1 fully saturated rings. The van der Waals surface area contributed by atoms with Crippen LogP contribution in [0.4, 0.5) is 0 Å². The molecule has 0 saturated carbocycles. The zero-order valence-electron chi connectivity index (χ0n) is 12.5. The van der Waals surface area contributed by atoms with Gasteiger partial charge in [0.2, 0.25) is 5.91 Å². The van der Waals surface area contributed by atoms with E-state index in [9.17, 15) is 9.90 Å². The van der Waals surface area contributed by atoms with E-state index in [-0.39, 0.29) is 23.8 Å². The van der Waals surface area contributed by atoms with Gasteiger partial charge >= 0.3 is 0 Å². The molecule has 0 aliphatic carbocycles. The van der Waals surface area contributed by atoms with Crippen LogP contribution in [0.2, 0.25) is 0 Å². The van der Waals surface area contributed by atoms with E-state index in [1.807, 2.05) is 17.0 Å². The van der Waals surface area contributed by atoms with Crippen molar-refractivity contribution in [3.63, 3.8) is 0 Å². The fraction of sp³-hybridized carbons (Fsp3) is 0.588. The van der Waals surface area contributed by atoms with E-state index in [1.165, 1.54) is 10.5 Å². The molecule has 1 aromatic carbocycles. The zero-order chi connectivity index (χ0) is 14.9. The zero-order valence-corrected chi connectivity index (χ0v) is 13.4. The largest absolute Gasteiger partial charge is 0.396 e. The van der Waals surface area contributed by atoms with Crippen LogP contribution in [0.25, 0.3) is 0 Å². The molecule has 1 aromatic rings. The van der Waals surface area contributed by atoms with Crippen LogP contribution in [-0.4, -0.2) is 41.4 Å². The first kappa shape index (κ1) is 14.9. The molecular weight excluding hydrogens is 282 g/mol. The maximum atomic E-state index is 12.8. The fourth-order valence-corrected chi connectivity index (χ4v) is 4.63. The van der Waals surface area contributed by atoms with Crippen LogP contribution in [0.3, 0.4) is 0 Å². The van der Waals surface area contributed by atoms with Crippen molar-refractivity contribution >= 4 is 17.7 Å². The quantitative estimate of drug-likeness (QED) is 0.933.